The highest BCUT2D eigenvalue weighted by Crippen LogP contribution is 2.45. The van der Waals surface area contributed by atoms with E-state index < -0.39 is 17.5 Å². The predicted molar refractivity (Wildman–Crippen MR) is 96.1 cm³/mol. The van der Waals surface area contributed by atoms with E-state index in [0.717, 1.165) is 5.56 Å². The quantitative estimate of drug-likeness (QED) is 0.892. The molecule has 1 aromatic carbocycles. The van der Waals surface area contributed by atoms with Gasteiger partial charge in [0.25, 0.3) is 5.91 Å². The molecule has 1 atom stereocenters. The van der Waals surface area contributed by atoms with Gasteiger partial charge >= 0.3 is 5.97 Å². The van der Waals surface area contributed by atoms with Crippen molar-refractivity contribution >= 4 is 11.9 Å². The number of aryl methyl sites for hydroxylation is 1. The molecule has 1 spiro atoms. The molecular formula is C20H27NO5. The SMILES string of the molecule is Cc1cccc(OC(C)(C)C(=O)N2CC(C(=O)O)C3(CCOCC3)C2)c1. The van der Waals surface area contributed by atoms with E-state index in [0.29, 0.717) is 38.3 Å². The zero-order valence-electron chi connectivity index (χ0n) is 15.7. The minimum Gasteiger partial charge on any atom is -0.481 e. The standard InChI is InChI=1S/C20H27NO5/c1-14-5-4-6-15(11-14)26-19(2,3)18(24)21-12-16(17(22)23)20(13-21)7-9-25-10-8-20/h4-6,11,16H,7-10,12-13H2,1-3H3,(H,22,23). The summed E-state index contributed by atoms with van der Waals surface area (Å²) < 4.78 is 11.4. The molecule has 1 unspecified atom stereocenters. The molecule has 0 radical (unpaired) electrons. The number of rotatable bonds is 4. The third-order valence-corrected chi connectivity index (χ3v) is 5.60. The summed E-state index contributed by atoms with van der Waals surface area (Å²) in [6, 6.07) is 7.57. The lowest BCUT2D eigenvalue weighted by Crippen LogP contribution is -2.49. The Balaban J connectivity index is 1.77. The summed E-state index contributed by atoms with van der Waals surface area (Å²) in [5.41, 5.74) is -0.397. The van der Waals surface area contributed by atoms with Crippen molar-refractivity contribution in [3.63, 3.8) is 0 Å². The first-order valence-electron chi connectivity index (χ1n) is 9.09. The summed E-state index contributed by atoms with van der Waals surface area (Å²) in [6.07, 6.45) is 1.35. The molecule has 6 heteroatoms. The molecule has 0 saturated carbocycles. The predicted octanol–water partition coefficient (Wildman–Crippen LogP) is 2.49. The third-order valence-electron chi connectivity index (χ3n) is 5.60. The van der Waals surface area contributed by atoms with Gasteiger partial charge in [-0.1, -0.05) is 12.1 Å². The van der Waals surface area contributed by atoms with Crippen LogP contribution in [-0.4, -0.2) is 53.8 Å². The maximum absolute atomic E-state index is 13.1. The molecule has 1 aromatic rings. The highest BCUT2D eigenvalue weighted by Gasteiger charge is 2.53. The summed E-state index contributed by atoms with van der Waals surface area (Å²) >= 11 is 0. The Morgan fingerprint density at radius 3 is 2.62 bits per heavy atom. The normalized spacial score (nSPS) is 22.4. The number of likely N-dealkylation sites (tertiary alicyclic amines) is 1. The monoisotopic (exact) mass is 361 g/mol. The van der Waals surface area contributed by atoms with Gasteiger partial charge in [0.1, 0.15) is 5.75 Å². The molecule has 2 heterocycles. The second-order valence-corrected chi connectivity index (χ2v) is 7.98. The van der Waals surface area contributed by atoms with Gasteiger partial charge in [0.2, 0.25) is 0 Å². The number of carboxylic acid groups (broad SMARTS) is 1. The Bertz CT molecular complexity index is 693. The van der Waals surface area contributed by atoms with Crippen LogP contribution in [0.5, 0.6) is 5.75 Å². The summed E-state index contributed by atoms with van der Waals surface area (Å²) in [4.78, 5) is 26.6. The molecule has 142 valence electrons. The molecule has 0 aliphatic carbocycles. The van der Waals surface area contributed by atoms with E-state index in [1.165, 1.54) is 0 Å². The van der Waals surface area contributed by atoms with Gasteiger partial charge in [-0.2, -0.15) is 0 Å². The van der Waals surface area contributed by atoms with Crippen LogP contribution in [0.1, 0.15) is 32.3 Å². The minimum absolute atomic E-state index is 0.173. The highest BCUT2D eigenvalue weighted by atomic mass is 16.5. The summed E-state index contributed by atoms with van der Waals surface area (Å²) in [7, 11) is 0. The topological polar surface area (TPSA) is 76.1 Å². The van der Waals surface area contributed by atoms with E-state index >= 15 is 0 Å². The summed E-state index contributed by atoms with van der Waals surface area (Å²) in [5.74, 6) is -0.920. The molecular weight excluding hydrogens is 334 g/mol. The van der Waals surface area contributed by atoms with Crippen molar-refractivity contribution in [1.82, 2.24) is 4.90 Å². The summed E-state index contributed by atoms with van der Waals surface area (Å²) in [5, 5.41) is 9.69. The third kappa shape index (κ3) is 3.56. The van der Waals surface area contributed by atoms with Crippen molar-refractivity contribution in [1.29, 1.82) is 0 Å². The number of carbonyl (C=O) groups is 2. The molecule has 26 heavy (non-hydrogen) atoms. The van der Waals surface area contributed by atoms with Gasteiger partial charge in [-0.25, -0.2) is 0 Å². The first-order valence-corrected chi connectivity index (χ1v) is 9.09. The van der Waals surface area contributed by atoms with E-state index in [-0.39, 0.29) is 17.9 Å². The Labute approximate surface area is 154 Å². The Morgan fingerprint density at radius 1 is 1.31 bits per heavy atom. The zero-order chi connectivity index (χ0) is 18.9. The Kier molecular flexibility index (Phi) is 4.97. The fourth-order valence-corrected chi connectivity index (χ4v) is 4.15. The van der Waals surface area contributed by atoms with Crippen LogP contribution in [0.25, 0.3) is 0 Å². The number of hydrogen-bond donors (Lipinski definition) is 1. The van der Waals surface area contributed by atoms with Crippen LogP contribution in [-0.2, 0) is 14.3 Å². The van der Waals surface area contributed by atoms with E-state index in [9.17, 15) is 14.7 Å². The fraction of sp³-hybridized carbons (Fsp3) is 0.600. The Morgan fingerprint density at radius 2 is 2.00 bits per heavy atom. The van der Waals surface area contributed by atoms with Crippen molar-refractivity contribution in [3.8, 4) is 5.75 Å². The maximum atomic E-state index is 13.1. The number of nitrogens with zero attached hydrogens (tertiary/aromatic N) is 1. The van der Waals surface area contributed by atoms with Crippen molar-refractivity contribution in [2.24, 2.45) is 11.3 Å². The van der Waals surface area contributed by atoms with Gasteiger partial charge in [-0.05, 0) is 51.3 Å². The van der Waals surface area contributed by atoms with Crippen LogP contribution in [0.3, 0.4) is 0 Å². The average Bonchev–Trinajstić information content (AvgIpc) is 2.93. The number of carboxylic acids is 1. The number of carbonyl (C=O) groups excluding carboxylic acids is 1. The largest absolute Gasteiger partial charge is 0.481 e. The van der Waals surface area contributed by atoms with Crippen LogP contribution in [0, 0.1) is 18.3 Å². The van der Waals surface area contributed by atoms with E-state index in [1.807, 2.05) is 31.2 Å². The highest BCUT2D eigenvalue weighted by molar-refractivity contribution is 5.86. The van der Waals surface area contributed by atoms with Crippen LogP contribution in [0.4, 0.5) is 0 Å². The molecule has 1 N–H and O–H groups in total. The van der Waals surface area contributed by atoms with Gasteiger partial charge in [0.05, 0.1) is 5.92 Å². The van der Waals surface area contributed by atoms with E-state index in [1.54, 1.807) is 18.7 Å². The molecule has 0 bridgehead atoms. The lowest BCUT2D eigenvalue weighted by molar-refractivity contribution is -0.147. The van der Waals surface area contributed by atoms with Gasteiger partial charge in [0.15, 0.2) is 5.60 Å². The van der Waals surface area contributed by atoms with Crippen molar-refractivity contribution in [2.45, 2.75) is 39.2 Å². The van der Waals surface area contributed by atoms with Crippen molar-refractivity contribution in [3.05, 3.63) is 29.8 Å². The van der Waals surface area contributed by atoms with Gasteiger partial charge in [0, 0.05) is 31.7 Å². The molecule has 2 saturated heterocycles. The zero-order valence-corrected chi connectivity index (χ0v) is 15.7. The average molecular weight is 361 g/mol. The Hall–Kier alpha value is -2.08. The van der Waals surface area contributed by atoms with Crippen molar-refractivity contribution in [2.75, 3.05) is 26.3 Å². The smallest absolute Gasteiger partial charge is 0.308 e. The number of ether oxygens (including phenoxy) is 2. The van der Waals surface area contributed by atoms with Crippen LogP contribution < -0.4 is 4.74 Å². The molecule has 0 aromatic heterocycles. The minimum atomic E-state index is -1.06. The molecule has 2 aliphatic rings. The molecule has 6 nitrogen and oxygen atoms in total. The first kappa shape index (κ1) is 18.7. The fourth-order valence-electron chi connectivity index (χ4n) is 4.15. The van der Waals surface area contributed by atoms with Gasteiger partial charge < -0.3 is 19.5 Å². The number of benzene rings is 1. The van der Waals surface area contributed by atoms with E-state index in [2.05, 4.69) is 0 Å². The van der Waals surface area contributed by atoms with Crippen LogP contribution in [0.2, 0.25) is 0 Å². The van der Waals surface area contributed by atoms with Crippen LogP contribution >= 0.6 is 0 Å². The number of aliphatic carboxylic acids is 1. The first-order chi connectivity index (χ1) is 12.2. The van der Waals surface area contributed by atoms with Crippen molar-refractivity contribution < 1.29 is 24.2 Å². The number of amides is 1. The molecule has 2 fully saturated rings. The number of hydrogen-bond acceptors (Lipinski definition) is 4. The second kappa shape index (κ2) is 6.91. The maximum Gasteiger partial charge on any atom is 0.308 e. The molecule has 2 aliphatic heterocycles. The van der Waals surface area contributed by atoms with Gasteiger partial charge in [-0.3, -0.25) is 9.59 Å². The lowest BCUT2D eigenvalue weighted by atomic mass is 9.72. The lowest BCUT2D eigenvalue weighted by Gasteiger charge is -2.36. The molecule has 1 amide bonds. The van der Waals surface area contributed by atoms with Crippen LogP contribution in [0.15, 0.2) is 24.3 Å². The second-order valence-electron chi connectivity index (χ2n) is 7.98. The molecule has 3 rings (SSSR count). The van der Waals surface area contributed by atoms with Gasteiger partial charge in [-0.15, -0.1) is 0 Å². The van der Waals surface area contributed by atoms with E-state index in [4.69, 9.17) is 9.47 Å². The summed E-state index contributed by atoms with van der Waals surface area (Å²) in [6.45, 7) is 7.23.